The molecule has 24 heavy (non-hydrogen) atoms. The minimum Gasteiger partial charge on any atom is -0.331 e. The van der Waals surface area contributed by atoms with Gasteiger partial charge >= 0.3 is 0 Å². The maximum atomic E-state index is 5.99. The number of benzene rings is 1. The minimum atomic E-state index is -0.997. The molecule has 0 saturated heterocycles. The molecule has 1 rings (SSSR count). The molecule has 0 bridgehead atoms. The molecule has 1 aromatic carbocycles. The average molecular weight is 357 g/mol. The van der Waals surface area contributed by atoms with E-state index in [1.165, 1.54) is 37.7 Å². The first-order valence-corrected chi connectivity index (χ1v) is 9.39. The van der Waals surface area contributed by atoms with E-state index in [0.717, 1.165) is 24.3 Å². The van der Waals surface area contributed by atoms with E-state index in [1.807, 2.05) is 12.1 Å². The van der Waals surface area contributed by atoms with Crippen LogP contribution in [-0.2, 0) is 20.6 Å². The Bertz CT molecular complexity index is 421. The average Bonchev–Trinajstić information content (AvgIpc) is 2.61. The lowest BCUT2D eigenvalue weighted by atomic mass is 9.91. The van der Waals surface area contributed by atoms with E-state index in [-0.39, 0.29) is 5.92 Å². The standard InChI is InChI=1S/C20H33ClO3/c1-5-6-7-8-9-10-11-18(20(22-2,23-3)24-4)16-17-12-14-19(21)15-13-17/h12-15,18H,5-11,16H2,1-4H3. The zero-order valence-electron chi connectivity index (χ0n) is 15.6. The molecule has 0 radical (unpaired) electrons. The third-order valence-electron chi connectivity index (χ3n) is 4.66. The van der Waals surface area contributed by atoms with Gasteiger partial charge in [-0.3, -0.25) is 0 Å². The Hall–Kier alpha value is -0.610. The summed E-state index contributed by atoms with van der Waals surface area (Å²) >= 11 is 5.99. The Morgan fingerprint density at radius 1 is 0.875 bits per heavy atom. The highest BCUT2D eigenvalue weighted by atomic mass is 35.5. The summed E-state index contributed by atoms with van der Waals surface area (Å²) in [5, 5.41) is 0.753. The van der Waals surface area contributed by atoms with Crippen LogP contribution in [0.4, 0.5) is 0 Å². The second-order valence-electron chi connectivity index (χ2n) is 6.30. The Morgan fingerprint density at radius 3 is 1.96 bits per heavy atom. The molecule has 1 unspecified atom stereocenters. The van der Waals surface area contributed by atoms with Gasteiger partial charge < -0.3 is 14.2 Å². The van der Waals surface area contributed by atoms with Crippen LogP contribution in [0.5, 0.6) is 0 Å². The molecule has 1 atom stereocenters. The first-order valence-electron chi connectivity index (χ1n) is 9.01. The summed E-state index contributed by atoms with van der Waals surface area (Å²) in [6.45, 7) is 2.24. The van der Waals surface area contributed by atoms with E-state index >= 15 is 0 Å². The molecule has 0 aliphatic carbocycles. The maximum Gasteiger partial charge on any atom is 0.285 e. The van der Waals surface area contributed by atoms with Gasteiger partial charge in [-0.1, -0.05) is 69.2 Å². The van der Waals surface area contributed by atoms with Crippen molar-refractivity contribution < 1.29 is 14.2 Å². The SMILES string of the molecule is CCCCCCCCC(Cc1ccc(Cl)cc1)C(OC)(OC)OC. The van der Waals surface area contributed by atoms with E-state index in [2.05, 4.69) is 19.1 Å². The van der Waals surface area contributed by atoms with Crippen molar-refractivity contribution >= 4 is 11.6 Å². The van der Waals surface area contributed by atoms with Crippen molar-refractivity contribution in [3.05, 3.63) is 34.9 Å². The zero-order chi connectivity index (χ0) is 17.8. The fraction of sp³-hybridized carbons (Fsp3) is 0.700. The van der Waals surface area contributed by atoms with E-state index in [9.17, 15) is 0 Å². The number of unbranched alkanes of at least 4 members (excludes halogenated alkanes) is 5. The normalized spacial score (nSPS) is 13.2. The molecule has 0 aromatic heterocycles. The zero-order valence-corrected chi connectivity index (χ0v) is 16.4. The van der Waals surface area contributed by atoms with Gasteiger partial charge in [-0.2, -0.15) is 0 Å². The van der Waals surface area contributed by atoms with Crippen LogP contribution in [0, 0.1) is 5.92 Å². The molecule has 0 spiro atoms. The van der Waals surface area contributed by atoms with Crippen molar-refractivity contribution in [2.45, 2.75) is 64.3 Å². The highest BCUT2D eigenvalue weighted by molar-refractivity contribution is 6.30. The van der Waals surface area contributed by atoms with Crippen LogP contribution in [0.1, 0.15) is 57.4 Å². The van der Waals surface area contributed by atoms with Gasteiger partial charge in [0.05, 0.1) is 0 Å². The number of methoxy groups -OCH3 is 3. The largest absolute Gasteiger partial charge is 0.331 e. The number of hydrogen-bond acceptors (Lipinski definition) is 3. The highest BCUT2D eigenvalue weighted by Crippen LogP contribution is 2.32. The molecular formula is C20H33ClO3. The monoisotopic (exact) mass is 356 g/mol. The van der Waals surface area contributed by atoms with Crippen LogP contribution >= 0.6 is 11.6 Å². The first-order chi connectivity index (χ1) is 11.6. The van der Waals surface area contributed by atoms with Crippen molar-refractivity contribution in [1.82, 2.24) is 0 Å². The van der Waals surface area contributed by atoms with Crippen LogP contribution in [-0.4, -0.2) is 27.3 Å². The fourth-order valence-electron chi connectivity index (χ4n) is 3.23. The van der Waals surface area contributed by atoms with Gasteiger partial charge in [0.25, 0.3) is 5.97 Å². The summed E-state index contributed by atoms with van der Waals surface area (Å²) in [5.41, 5.74) is 1.21. The predicted octanol–water partition coefficient (Wildman–Crippen LogP) is 5.84. The Labute approximate surface area is 152 Å². The number of hydrogen-bond donors (Lipinski definition) is 0. The lowest BCUT2D eigenvalue weighted by molar-refractivity contribution is -0.379. The Balaban J connectivity index is 2.69. The Morgan fingerprint density at radius 2 is 1.42 bits per heavy atom. The molecule has 0 aliphatic heterocycles. The van der Waals surface area contributed by atoms with Crippen molar-refractivity contribution in [1.29, 1.82) is 0 Å². The lowest BCUT2D eigenvalue weighted by Gasteiger charge is -2.36. The highest BCUT2D eigenvalue weighted by Gasteiger charge is 2.39. The summed E-state index contributed by atoms with van der Waals surface area (Å²) in [6, 6.07) is 7.96. The topological polar surface area (TPSA) is 27.7 Å². The van der Waals surface area contributed by atoms with E-state index in [4.69, 9.17) is 25.8 Å². The van der Waals surface area contributed by atoms with Crippen LogP contribution < -0.4 is 0 Å². The third-order valence-corrected chi connectivity index (χ3v) is 4.91. The summed E-state index contributed by atoms with van der Waals surface area (Å²) in [5.74, 6) is -0.867. The summed E-state index contributed by atoms with van der Waals surface area (Å²) in [4.78, 5) is 0. The van der Waals surface area contributed by atoms with E-state index < -0.39 is 5.97 Å². The van der Waals surface area contributed by atoms with E-state index in [1.54, 1.807) is 21.3 Å². The first kappa shape index (κ1) is 21.4. The van der Waals surface area contributed by atoms with Gasteiger partial charge in [0.1, 0.15) is 0 Å². The number of ether oxygens (including phenoxy) is 3. The molecule has 0 N–H and O–H groups in total. The molecule has 138 valence electrons. The third kappa shape index (κ3) is 6.72. The predicted molar refractivity (Wildman–Crippen MR) is 100 cm³/mol. The second kappa shape index (κ2) is 11.9. The molecule has 0 heterocycles. The summed E-state index contributed by atoms with van der Waals surface area (Å²) in [6.07, 6.45) is 9.45. The van der Waals surface area contributed by atoms with Crippen molar-refractivity contribution in [2.75, 3.05) is 21.3 Å². The van der Waals surface area contributed by atoms with Crippen molar-refractivity contribution in [2.24, 2.45) is 5.92 Å². The number of rotatable bonds is 13. The molecule has 1 aromatic rings. The van der Waals surface area contributed by atoms with Crippen LogP contribution in [0.3, 0.4) is 0 Å². The Kier molecular flexibility index (Phi) is 10.6. The quantitative estimate of drug-likeness (QED) is 0.328. The molecule has 0 fully saturated rings. The second-order valence-corrected chi connectivity index (χ2v) is 6.74. The smallest absolute Gasteiger partial charge is 0.285 e. The van der Waals surface area contributed by atoms with Crippen molar-refractivity contribution in [3.63, 3.8) is 0 Å². The van der Waals surface area contributed by atoms with Gasteiger partial charge in [-0.25, -0.2) is 0 Å². The molecule has 3 nitrogen and oxygen atoms in total. The van der Waals surface area contributed by atoms with E-state index in [0.29, 0.717) is 0 Å². The molecule has 0 aliphatic rings. The number of halogens is 1. The maximum absolute atomic E-state index is 5.99. The van der Waals surface area contributed by atoms with Gasteiger partial charge in [-0.15, -0.1) is 0 Å². The molecule has 0 saturated carbocycles. The molecular weight excluding hydrogens is 324 g/mol. The van der Waals surface area contributed by atoms with Crippen LogP contribution in [0.2, 0.25) is 5.02 Å². The summed E-state index contributed by atoms with van der Waals surface area (Å²) in [7, 11) is 4.93. The lowest BCUT2D eigenvalue weighted by Crippen LogP contribution is -2.45. The summed E-state index contributed by atoms with van der Waals surface area (Å²) < 4.78 is 16.9. The van der Waals surface area contributed by atoms with Gasteiger partial charge in [-0.05, 0) is 30.5 Å². The molecule has 4 heteroatoms. The van der Waals surface area contributed by atoms with Gasteiger partial charge in [0, 0.05) is 32.3 Å². The molecule has 0 amide bonds. The fourth-order valence-corrected chi connectivity index (χ4v) is 3.36. The van der Waals surface area contributed by atoms with Crippen molar-refractivity contribution in [3.8, 4) is 0 Å². The van der Waals surface area contributed by atoms with Crippen LogP contribution in [0.15, 0.2) is 24.3 Å². The minimum absolute atomic E-state index is 0.129. The van der Waals surface area contributed by atoms with Gasteiger partial charge in [0.2, 0.25) is 0 Å². The van der Waals surface area contributed by atoms with Gasteiger partial charge in [0.15, 0.2) is 0 Å². The van der Waals surface area contributed by atoms with Crippen LogP contribution in [0.25, 0.3) is 0 Å².